The summed E-state index contributed by atoms with van der Waals surface area (Å²) in [5.74, 6) is -2.78. The third-order valence-electron chi connectivity index (χ3n) is 3.21. The molecule has 12 heteroatoms. The van der Waals surface area contributed by atoms with Gasteiger partial charge >= 0.3 is 11.9 Å². The number of carbonyl (C=O) groups is 2. The Morgan fingerprint density at radius 2 is 1.21 bits per heavy atom. The van der Waals surface area contributed by atoms with Gasteiger partial charge in [-0.3, -0.25) is 20.2 Å². The van der Waals surface area contributed by atoms with Crippen LogP contribution in [0.4, 0.5) is 11.4 Å². The molecule has 0 aliphatic carbocycles. The van der Waals surface area contributed by atoms with Crippen molar-refractivity contribution in [1.82, 2.24) is 9.13 Å². The molecule has 2 aromatic heterocycles. The minimum Gasteiger partial charge on any atom is -0.477 e. The van der Waals surface area contributed by atoms with Crippen molar-refractivity contribution in [2.24, 2.45) is 0 Å². The molecule has 0 saturated carbocycles. The van der Waals surface area contributed by atoms with E-state index in [9.17, 15) is 29.8 Å². The van der Waals surface area contributed by atoms with Gasteiger partial charge in [0.25, 0.3) is 11.4 Å². The molecule has 12 nitrogen and oxygen atoms in total. The minimum atomic E-state index is -1.39. The molecule has 0 aliphatic rings. The lowest BCUT2D eigenvalue weighted by Crippen LogP contribution is -2.14. The van der Waals surface area contributed by atoms with Crippen LogP contribution in [0.2, 0.25) is 0 Å². The Bertz CT molecular complexity index is 779. The van der Waals surface area contributed by atoms with Crippen LogP contribution in [0.15, 0.2) is 24.5 Å². The third-order valence-corrected chi connectivity index (χ3v) is 3.21. The molecule has 2 N–H and O–H groups in total. The fourth-order valence-corrected chi connectivity index (χ4v) is 2.13. The number of aromatic nitrogens is 2. The first kappa shape index (κ1) is 16.7. The standard InChI is InChI=1S/C12H10N4O8/c17-11(18)9-3-7(15(21)22)5-13(9)1-2-14-6-8(16(23)24)4-10(14)12(19)20/h3-6H,1-2H2,(H,17,18)(H,19,20). The van der Waals surface area contributed by atoms with E-state index in [-0.39, 0.29) is 24.5 Å². The van der Waals surface area contributed by atoms with Gasteiger partial charge in [0.05, 0.1) is 22.2 Å². The van der Waals surface area contributed by atoms with Crippen molar-refractivity contribution in [3.05, 3.63) is 56.1 Å². The number of nitro groups is 2. The lowest BCUT2D eigenvalue weighted by Gasteiger charge is -2.08. The molecule has 126 valence electrons. The van der Waals surface area contributed by atoms with Gasteiger partial charge < -0.3 is 19.3 Å². The lowest BCUT2D eigenvalue weighted by atomic mass is 10.4. The maximum atomic E-state index is 11.1. The summed E-state index contributed by atoms with van der Waals surface area (Å²) in [4.78, 5) is 42.1. The fourth-order valence-electron chi connectivity index (χ4n) is 2.13. The first-order valence-electron chi connectivity index (χ1n) is 6.36. The highest BCUT2D eigenvalue weighted by Crippen LogP contribution is 2.19. The van der Waals surface area contributed by atoms with E-state index in [1.54, 1.807) is 0 Å². The summed E-state index contributed by atoms with van der Waals surface area (Å²) >= 11 is 0. The second-order valence-electron chi connectivity index (χ2n) is 4.68. The predicted molar refractivity (Wildman–Crippen MR) is 76.1 cm³/mol. The lowest BCUT2D eigenvalue weighted by molar-refractivity contribution is -0.385. The molecular weight excluding hydrogens is 328 g/mol. The second-order valence-corrected chi connectivity index (χ2v) is 4.68. The normalized spacial score (nSPS) is 10.5. The summed E-state index contributed by atoms with van der Waals surface area (Å²) < 4.78 is 2.13. The summed E-state index contributed by atoms with van der Waals surface area (Å²) in [6.07, 6.45) is 2.00. The van der Waals surface area contributed by atoms with Gasteiger partial charge in [0.1, 0.15) is 11.4 Å². The average Bonchev–Trinajstić information content (AvgIpc) is 3.09. The largest absolute Gasteiger partial charge is 0.477 e. The molecular formula is C12H10N4O8. The highest BCUT2D eigenvalue weighted by molar-refractivity contribution is 5.87. The zero-order valence-corrected chi connectivity index (χ0v) is 11.9. The van der Waals surface area contributed by atoms with E-state index < -0.39 is 33.2 Å². The van der Waals surface area contributed by atoms with Gasteiger partial charge in [-0.25, -0.2) is 9.59 Å². The first-order chi connectivity index (χ1) is 11.2. The molecule has 0 amide bonds. The van der Waals surface area contributed by atoms with Crippen molar-refractivity contribution < 1.29 is 29.6 Å². The Labute approximate surface area is 132 Å². The van der Waals surface area contributed by atoms with Gasteiger partial charge in [-0.05, 0) is 0 Å². The average molecular weight is 338 g/mol. The van der Waals surface area contributed by atoms with Crippen molar-refractivity contribution in [3.63, 3.8) is 0 Å². The summed E-state index contributed by atoms with van der Waals surface area (Å²) in [7, 11) is 0. The molecule has 2 rings (SSSR count). The molecule has 2 heterocycles. The predicted octanol–water partition coefficient (Wildman–Crippen LogP) is 1.20. The van der Waals surface area contributed by atoms with Crippen molar-refractivity contribution >= 4 is 23.3 Å². The second kappa shape index (κ2) is 6.20. The van der Waals surface area contributed by atoms with E-state index in [0.29, 0.717) is 0 Å². The molecule has 0 fully saturated rings. The van der Waals surface area contributed by atoms with Crippen molar-refractivity contribution in [3.8, 4) is 0 Å². The Balaban J connectivity index is 2.31. The van der Waals surface area contributed by atoms with Crippen LogP contribution in [0.5, 0.6) is 0 Å². The van der Waals surface area contributed by atoms with Crippen LogP contribution < -0.4 is 0 Å². The maximum Gasteiger partial charge on any atom is 0.352 e. The molecule has 0 aromatic carbocycles. The van der Waals surface area contributed by atoms with Gasteiger partial charge in [0.15, 0.2) is 0 Å². The van der Waals surface area contributed by atoms with E-state index in [1.165, 1.54) is 0 Å². The van der Waals surface area contributed by atoms with E-state index in [2.05, 4.69) is 0 Å². The molecule has 24 heavy (non-hydrogen) atoms. The zero-order valence-electron chi connectivity index (χ0n) is 11.9. The molecule has 0 aliphatic heterocycles. The van der Waals surface area contributed by atoms with Crippen LogP contribution in [-0.2, 0) is 13.1 Å². The van der Waals surface area contributed by atoms with Gasteiger partial charge in [0, 0.05) is 25.2 Å². The van der Waals surface area contributed by atoms with E-state index >= 15 is 0 Å². The molecule has 0 atom stereocenters. The molecule has 0 spiro atoms. The number of carboxylic acid groups (broad SMARTS) is 2. The number of nitrogens with zero attached hydrogens (tertiary/aromatic N) is 4. The van der Waals surface area contributed by atoms with Gasteiger partial charge in [-0.15, -0.1) is 0 Å². The fraction of sp³-hybridized carbons (Fsp3) is 0.167. The summed E-state index contributed by atoms with van der Waals surface area (Å²) in [5, 5.41) is 39.5. The number of rotatable bonds is 7. The molecule has 0 unspecified atom stereocenters. The van der Waals surface area contributed by atoms with Gasteiger partial charge in [0.2, 0.25) is 0 Å². The number of hydrogen-bond acceptors (Lipinski definition) is 6. The smallest absolute Gasteiger partial charge is 0.352 e. The van der Waals surface area contributed by atoms with E-state index in [4.69, 9.17) is 10.2 Å². The first-order valence-corrected chi connectivity index (χ1v) is 6.36. The topological polar surface area (TPSA) is 171 Å². The Morgan fingerprint density at radius 3 is 1.46 bits per heavy atom. The van der Waals surface area contributed by atoms with Crippen LogP contribution in [0.25, 0.3) is 0 Å². The monoisotopic (exact) mass is 338 g/mol. The summed E-state index contributed by atoms with van der Waals surface area (Å²) in [5.41, 5.74) is -1.55. The Hall–Kier alpha value is -3.70. The molecule has 0 saturated heterocycles. The number of aryl methyl sites for hydroxylation is 2. The van der Waals surface area contributed by atoms with Crippen LogP contribution in [0, 0.1) is 20.2 Å². The Morgan fingerprint density at radius 1 is 0.875 bits per heavy atom. The van der Waals surface area contributed by atoms with Crippen molar-refractivity contribution in [1.29, 1.82) is 0 Å². The molecule has 0 radical (unpaired) electrons. The minimum absolute atomic E-state index is 0.123. The number of aromatic carboxylic acids is 2. The zero-order chi connectivity index (χ0) is 18.0. The molecule has 0 bridgehead atoms. The highest BCUT2D eigenvalue weighted by Gasteiger charge is 2.21. The van der Waals surface area contributed by atoms with Crippen molar-refractivity contribution in [2.75, 3.05) is 0 Å². The van der Waals surface area contributed by atoms with Crippen LogP contribution in [0.3, 0.4) is 0 Å². The summed E-state index contributed by atoms with van der Waals surface area (Å²) in [6.45, 7) is -0.247. The number of hydrogen-bond donors (Lipinski definition) is 2. The third kappa shape index (κ3) is 3.21. The van der Waals surface area contributed by atoms with Gasteiger partial charge in [-0.1, -0.05) is 0 Å². The van der Waals surface area contributed by atoms with Crippen LogP contribution >= 0.6 is 0 Å². The highest BCUT2D eigenvalue weighted by atomic mass is 16.6. The van der Waals surface area contributed by atoms with E-state index in [0.717, 1.165) is 33.7 Å². The quantitative estimate of drug-likeness (QED) is 0.560. The van der Waals surface area contributed by atoms with Crippen LogP contribution in [-0.4, -0.2) is 41.1 Å². The molecule has 2 aromatic rings. The maximum absolute atomic E-state index is 11.1. The van der Waals surface area contributed by atoms with Gasteiger partial charge in [-0.2, -0.15) is 0 Å². The van der Waals surface area contributed by atoms with Crippen molar-refractivity contribution in [2.45, 2.75) is 13.1 Å². The summed E-state index contributed by atoms with van der Waals surface area (Å²) in [6, 6.07) is 1.75. The number of carboxylic acids is 2. The SMILES string of the molecule is O=C(O)c1cc([N+](=O)[O-])cn1CCn1cc([N+](=O)[O-])cc1C(=O)O. The van der Waals surface area contributed by atoms with E-state index in [1.807, 2.05) is 0 Å². The van der Waals surface area contributed by atoms with Crippen LogP contribution in [0.1, 0.15) is 21.0 Å². The Kier molecular flexibility index (Phi) is 4.30.